The van der Waals surface area contributed by atoms with Crippen molar-refractivity contribution in [3.05, 3.63) is 40.5 Å². The number of urea groups is 1. The first-order valence-electron chi connectivity index (χ1n) is 7.87. The molecule has 23 heavy (non-hydrogen) atoms. The fourth-order valence-corrected chi connectivity index (χ4v) is 3.47. The first-order valence-corrected chi connectivity index (χ1v) is 8.69. The highest BCUT2D eigenvalue weighted by atomic mass is 32.1. The minimum Gasteiger partial charge on any atom is -0.352 e. The summed E-state index contributed by atoms with van der Waals surface area (Å²) in [5.41, 5.74) is 0. The van der Waals surface area contributed by atoms with Gasteiger partial charge in [-0.3, -0.25) is 4.98 Å². The van der Waals surface area contributed by atoms with Crippen molar-refractivity contribution in [1.29, 1.82) is 0 Å². The maximum atomic E-state index is 12.3. The zero-order valence-electron chi connectivity index (χ0n) is 13.2. The third-order valence-corrected chi connectivity index (χ3v) is 5.15. The number of hydrogen-bond acceptors (Lipinski definition) is 5. The molecule has 3 heterocycles. The van der Waals surface area contributed by atoms with Crippen molar-refractivity contribution in [3.63, 3.8) is 0 Å². The van der Waals surface area contributed by atoms with Gasteiger partial charge in [-0.1, -0.05) is 6.92 Å². The number of amides is 2. The average molecular weight is 331 g/mol. The predicted molar refractivity (Wildman–Crippen MR) is 91.8 cm³/mol. The fourth-order valence-electron chi connectivity index (χ4n) is 2.58. The van der Waals surface area contributed by atoms with Crippen LogP contribution in [-0.4, -0.2) is 47.1 Å². The number of aromatic nitrogens is 2. The molecule has 1 aliphatic heterocycles. The van der Waals surface area contributed by atoms with Crippen molar-refractivity contribution in [1.82, 2.24) is 20.2 Å². The molecule has 0 unspecified atom stereocenters. The van der Waals surface area contributed by atoms with Gasteiger partial charge in [0, 0.05) is 48.3 Å². The Morgan fingerprint density at radius 1 is 1.22 bits per heavy atom. The van der Waals surface area contributed by atoms with Gasteiger partial charge in [-0.2, -0.15) is 0 Å². The summed E-state index contributed by atoms with van der Waals surface area (Å²) in [6, 6.07) is 4.23. The van der Waals surface area contributed by atoms with E-state index < -0.39 is 0 Å². The number of anilines is 1. The maximum Gasteiger partial charge on any atom is 0.317 e. The number of carbonyl (C=O) groups is 1. The highest BCUT2D eigenvalue weighted by Gasteiger charge is 2.21. The molecule has 0 radical (unpaired) electrons. The van der Waals surface area contributed by atoms with Gasteiger partial charge in [0.05, 0.1) is 12.7 Å². The summed E-state index contributed by atoms with van der Waals surface area (Å²) in [4.78, 5) is 27.2. The van der Waals surface area contributed by atoms with Crippen LogP contribution in [0.2, 0.25) is 0 Å². The van der Waals surface area contributed by atoms with Crippen molar-refractivity contribution in [2.45, 2.75) is 19.9 Å². The Labute approximate surface area is 140 Å². The molecule has 1 aliphatic rings. The number of hydrogen-bond donors (Lipinski definition) is 1. The minimum absolute atomic E-state index is 0.00949. The molecule has 0 spiro atoms. The molecule has 7 heteroatoms. The first-order chi connectivity index (χ1) is 11.3. The van der Waals surface area contributed by atoms with Gasteiger partial charge in [0.2, 0.25) is 0 Å². The van der Waals surface area contributed by atoms with Gasteiger partial charge >= 0.3 is 6.03 Å². The van der Waals surface area contributed by atoms with Crippen LogP contribution in [0.15, 0.2) is 30.7 Å². The van der Waals surface area contributed by atoms with E-state index in [0.29, 0.717) is 19.6 Å². The number of piperazine rings is 1. The van der Waals surface area contributed by atoms with Gasteiger partial charge in [-0.15, -0.1) is 11.3 Å². The van der Waals surface area contributed by atoms with Gasteiger partial charge in [0.25, 0.3) is 0 Å². The van der Waals surface area contributed by atoms with Crippen LogP contribution in [0.4, 0.5) is 10.6 Å². The summed E-state index contributed by atoms with van der Waals surface area (Å²) >= 11 is 1.76. The van der Waals surface area contributed by atoms with E-state index in [4.69, 9.17) is 0 Å². The predicted octanol–water partition coefficient (Wildman–Crippen LogP) is 2.13. The van der Waals surface area contributed by atoms with E-state index in [-0.39, 0.29) is 6.03 Å². The molecule has 2 aromatic heterocycles. The Kier molecular flexibility index (Phi) is 5.07. The van der Waals surface area contributed by atoms with Crippen molar-refractivity contribution in [2.75, 3.05) is 31.1 Å². The molecule has 2 amide bonds. The number of carbonyl (C=O) groups excluding carboxylic acids is 1. The van der Waals surface area contributed by atoms with E-state index in [2.05, 4.69) is 39.2 Å². The van der Waals surface area contributed by atoms with Crippen LogP contribution in [-0.2, 0) is 13.0 Å². The quantitative estimate of drug-likeness (QED) is 0.932. The zero-order valence-corrected chi connectivity index (χ0v) is 14.1. The molecule has 6 nitrogen and oxygen atoms in total. The summed E-state index contributed by atoms with van der Waals surface area (Å²) in [5, 5.41) is 3.01. The zero-order chi connectivity index (χ0) is 16.1. The van der Waals surface area contributed by atoms with Crippen LogP contribution in [0.3, 0.4) is 0 Å². The standard InChI is InChI=1S/C16H21N5OS/c1-2-13-3-4-14(23-13)11-19-16(22)21-9-7-20(8-10-21)15-12-17-5-6-18-15/h3-6,12H,2,7-11H2,1H3,(H,19,22). The van der Waals surface area contributed by atoms with E-state index in [0.717, 1.165) is 25.3 Å². The summed E-state index contributed by atoms with van der Waals surface area (Å²) in [5.74, 6) is 0.873. The summed E-state index contributed by atoms with van der Waals surface area (Å²) in [7, 11) is 0. The second-order valence-corrected chi connectivity index (χ2v) is 6.67. The van der Waals surface area contributed by atoms with Gasteiger partial charge in [0.15, 0.2) is 0 Å². The molecule has 0 atom stereocenters. The summed E-state index contributed by atoms with van der Waals surface area (Å²) in [6.07, 6.45) is 6.17. The van der Waals surface area contributed by atoms with E-state index in [1.165, 1.54) is 9.75 Å². The second kappa shape index (κ2) is 7.41. The molecular formula is C16H21N5OS. The molecule has 1 fully saturated rings. The SMILES string of the molecule is CCc1ccc(CNC(=O)N2CCN(c3cnccn3)CC2)s1. The van der Waals surface area contributed by atoms with Crippen LogP contribution in [0.5, 0.6) is 0 Å². The molecule has 1 saturated heterocycles. The smallest absolute Gasteiger partial charge is 0.317 e. The topological polar surface area (TPSA) is 61.4 Å². The van der Waals surface area contributed by atoms with Crippen LogP contribution < -0.4 is 10.2 Å². The van der Waals surface area contributed by atoms with Crippen LogP contribution in [0.1, 0.15) is 16.7 Å². The Bertz CT molecular complexity index is 637. The maximum absolute atomic E-state index is 12.3. The average Bonchev–Trinajstić information content (AvgIpc) is 3.09. The Morgan fingerprint density at radius 3 is 2.65 bits per heavy atom. The van der Waals surface area contributed by atoms with Crippen LogP contribution >= 0.6 is 11.3 Å². The van der Waals surface area contributed by atoms with Gasteiger partial charge < -0.3 is 15.1 Å². The number of nitrogens with zero attached hydrogens (tertiary/aromatic N) is 4. The Hall–Kier alpha value is -2.15. The lowest BCUT2D eigenvalue weighted by molar-refractivity contribution is 0.194. The van der Waals surface area contributed by atoms with E-state index in [1.807, 2.05) is 4.90 Å². The van der Waals surface area contributed by atoms with E-state index in [1.54, 1.807) is 29.9 Å². The molecule has 0 aromatic carbocycles. The van der Waals surface area contributed by atoms with E-state index in [9.17, 15) is 4.79 Å². The molecule has 2 aromatic rings. The molecule has 0 saturated carbocycles. The largest absolute Gasteiger partial charge is 0.352 e. The summed E-state index contributed by atoms with van der Waals surface area (Å²) < 4.78 is 0. The molecule has 3 rings (SSSR count). The first kappa shape index (κ1) is 15.7. The number of nitrogens with one attached hydrogen (secondary N) is 1. The minimum atomic E-state index is 0.00949. The lowest BCUT2D eigenvalue weighted by atomic mass is 10.3. The lowest BCUT2D eigenvalue weighted by Gasteiger charge is -2.35. The highest BCUT2D eigenvalue weighted by Crippen LogP contribution is 2.17. The van der Waals surface area contributed by atoms with E-state index >= 15 is 0 Å². The van der Waals surface area contributed by atoms with Crippen molar-refractivity contribution in [3.8, 4) is 0 Å². The number of thiophene rings is 1. The number of rotatable bonds is 4. The normalized spacial score (nSPS) is 14.8. The summed E-state index contributed by atoms with van der Waals surface area (Å²) in [6.45, 7) is 5.72. The second-order valence-electron chi connectivity index (χ2n) is 5.42. The molecule has 0 bridgehead atoms. The number of aryl methyl sites for hydroxylation is 1. The third-order valence-electron chi connectivity index (χ3n) is 3.92. The molecular weight excluding hydrogens is 310 g/mol. The Balaban J connectivity index is 1.46. The van der Waals surface area contributed by atoms with Gasteiger partial charge in [-0.25, -0.2) is 9.78 Å². The monoisotopic (exact) mass is 331 g/mol. The van der Waals surface area contributed by atoms with Crippen LogP contribution in [0.25, 0.3) is 0 Å². The van der Waals surface area contributed by atoms with Crippen molar-refractivity contribution >= 4 is 23.2 Å². The Morgan fingerprint density at radius 2 is 2.00 bits per heavy atom. The van der Waals surface area contributed by atoms with Crippen molar-refractivity contribution < 1.29 is 4.79 Å². The van der Waals surface area contributed by atoms with Gasteiger partial charge in [0.1, 0.15) is 5.82 Å². The highest BCUT2D eigenvalue weighted by molar-refractivity contribution is 7.11. The van der Waals surface area contributed by atoms with Gasteiger partial charge in [-0.05, 0) is 18.6 Å². The van der Waals surface area contributed by atoms with Crippen LogP contribution in [0, 0.1) is 0 Å². The lowest BCUT2D eigenvalue weighted by Crippen LogP contribution is -2.51. The molecule has 0 aliphatic carbocycles. The van der Waals surface area contributed by atoms with Crippen molar-refractivity contribution in [2.24, 2.45) is 0 Å². The third kappa shape index (κ3) is 3.98. The molecule has 1 N–H and O–H groups in total. The fraction of sp³-hybridized carbons (Fsp3) is 0.438. The molecule has 122 valence electrons.